The molecule has 0 aromatic heterocycles. The molecule has 23 heavy (non-hydrogen) atoms. The van der Waals surface area contributed by atoms with Crippen LogP contribution < -0.4 is 4.74 Å². The van der Waals surface area contributed by atoms with E-state index in [9.17, 15) is 8.42 Å². The van der Waals surface area contributed by atoms with E-state index in [0.29, 0.717) is 16.8 Å². The number of sulfonamides is 1. The summed E-state index contributed by atoms with van der Waals surface area (Å²) in [6.45, 7) is 4.41. The van der Waals surface area contributed by atoms with Gasteiger partial charge in [0.05, 0.1) is 11.5 Å². The average molecular weight is 356 g/mol. The van der Waals surface area contributed by atoms with Gasteiger partial charge in [-0.15, -0.1) is 0 Å². The van der Waals surface area contributed by atoms with Crippen LogP contribution in [0.5, 0.6) is 5.75 Å². The van der Waals surface area contributed by atoms with Crippen molar-refractivity contribution in [1.29, 1.82) is 0 Å². The van der Waals surface area contributed by atoms with Crippen LogP contribution in [0.4, 0.5) is 0 Å². The molecule has 6 heteroatoms. The van der Waals surface area contributed by atoms with Crippen molar-refractivity contribution in [2.75, 3.05) is 12.9 Å². The van der Waals surface area contributed by atoms with Crippen molar-refractivity contribution in [1.82, 2.24) is 4.31 Å². The Balaban J connectivity index is 1.89. The summed E-state index contributed by atoms with van der Waals surface area (Å²) in [5, 5.41) is 0.598. The van der Waals surface area contributed by atoms with E-state index >= 15 is 0 Å². The fraction of sp³-hybridized carbons (Fsp3) is 0.647. The number of ether oxygens (including phenoxy) is 1. The first-order valence-corrected chi connectivity index (χ1v) is 11.0. The van der Waals surface area contributed by atoms with Crippen LogP contribution in [0.2, 0.25) is 0 Å². The topological polar surface area (TPSA) is 46.6 Å². The Morgan fingerprint density at radius 3 is 2.43 bits per heavy atom. The molecule has 1 aromatic carbocycles. The van der Waals surface area contributed by atoms with Gasteiger partial charge in [-0.3, -0.25) is 0 Å². The Morgan fingerprint density at radius 2 is 1.91 bits per heavy atom. The molecule has 2 saturated heterocycles. The van der Waals surface area contributed by atoms with Crippen molar-refractivity contribution in [3.8, 4) is 5.75 Å². The maximum absolute atomic E-state index is 13.1. The van der Waals surface area contributed by atoms with Crippen LogP contribution in [0.1, 0.15) is 38.2 Å². The SMILES string of the molecule is CCOc1ccc(S(=O)(=O)N2C3CCC2CC(SC)C3)cc1C. The molecule has 3 rings (SSSR count). The normalized spacial score (nSPS) is 28.0. The third-order valence-corrected chi connectivity index (χ3v) is 8.03. The van der Waals surface area contributed by atoms with E-state index in [0.717, 1.165) is 37.0 Å². The number of benzene rings is 1. The molecule has 2 unspecified atom stereocenters. The Hall–Kier alpha value is -0.720. The van der Waals surface area contributed by atoms with Crippen molar-refractivity contribution >= 4 is 21.8 Å². The molecule has 0 spiro atoms. The van der Waals surface area contributed by atoms with Crippen LogP contribution >= 0.6 is 11.8 Å². The molecule has 2 aliphatic heterocycles. The summed E-state index contributed by atoms with van der Waals surface area (Å²) in [5.74, 6) is 0.760. The van der Waals surface area contributed by atoms with Crippen molar-refractivity contribution in [2.24, 2.45) is 0 Å². The lowest BCUT2D eigenvalue weighted by Crippen LogP contribution is -2.47. The molecule has 2 aliphatic rings. The molecule has 2 bridgehead atoms. The highest BCUT2D eigenvalue weighted by molar-refractivity contribution is 7.99. The van der Waals surface area contributed by atoms with E-state index in [2.05, 4.69) is 6.26 Å². The summed E-state index contributed by atoms with van der Waals surface area (Å²) >= 11 is 1.87. The zero-order valence-corrected chi connectivity index (χ0v) is 15.6. The molecular formula is C17H25NO3S2. The maximum atomic E-state index is 13.1. The summed E-state index contributed by atoms with van der Waals surface area (Å²) in [4.78, 5) is 0.401. The van der Waals surface area contributed by atoms with Gasteiger partial charge in [-0.05, 0) is 69.5 Å². The van der Waals surface area contributed by atoms with Crippen LogP contribution in [0, 0.1) is 6.92 Å². The van der Waals surface area contributed by atoms with E-state index in [1.165, 1.54) is 0 Å². The third-order valence-electron chi connectivity index (χ3n) is 4.98. The first-order valence-electron chi connectivity index (χ1n) is 8.27. The summed E-state index contributed by atoms with van der Waals surface area (Å²) in [6.07, 6.45) is 6.08. The van der Waals surface area contributed by atoms with E-state index in [4.69, 9.17) is 4.74 Å². The highest BCUT2D eigenvalue weighted by atomic mass is 32.2. The Labute approximate surface area is 143 Å². The Bertz CT molecular complexity index is 660. The van der Waals surface area contributed by atoms with Gasteiger partial charge in [-0.1, -0.05) is 0 Å². The van der Waals surface area contributed by atoms with Crippen molar-refractivity contribution in [3.63, 3.8) is 0 Å². The first-order chi connectivity index (χ1) is 11.0. The lowest BCUT2D eigenvalue weighted by atomic mass is 10.1. The van der Waals surface area contributed by atoms with E-state index < -0.39 is 10.0 Å². The lowest BCUT2D eigenvalue weighted by molar-refractivity contribution is 0.253. The minimum absolute atomic E-state index is 0.170. The number of hydrogen-bond donors (Lipinski definition) is 0. The number of rotatable bonds is 5. The average Bonchev–Trinajstić information content (AvgIpc) is 2.81. The number of nitrogens with zero attached hydrogens (tertiary/aromatic N) is 1. The second-order valence-electron chi connectivity index (χ2n) is 6.41. The predicted molar refractivity (Wildman–Crippen MR) is 94.7 cm³/mol. The molecule has 0 radical (unpaired) electrons. The molecule has 0 aliphatic carbocycles. The van der Waals surface area contributed by atoms with Crippen LogP contribution in [0.25, 0.3) is 0 Å². The molecule has 4 nitrogen and oxygen atoms in total. The van der Waals surface area contributed by atoms with Gasteiger partial charge in [-0.2, -0.15) is 16.1 Å². The van der Waals surface area contributed by atoms with Crippen LogP contribution in [0.15, 0.2) is 23.1 Å². The van der Waals surface area contributed by atoms with Crippen LogP contribution in [-0.2, 0) is 10.0 Å². The Morgan fingerprint density at radius 1 is 1.26 bits per heavy atom. The highest BCUT2D eigenvalue weighted by Crippen LogP contribution is 2.42. The smallest absolute Gasteiger partial charge is 0.243 e. The van der Waals surface area contributed by atoms with E-state index in [-0.39, 0.29) is 12.1 Å². The number of piperidine rings is 1. The van der Waals surface area contributed by atoms with Gasteiger partial charge in [0.1, 0.15) is 5.75 Å². The lowest BCUT2D eigenvalue weighted by Gasteiger charge is -2.37. The van der Waals surface area contributed by atoms with Gasteiger partial charge < -0.3 is 4.74 Å². The minimum Gasteiger partial charge on any atom is -0.494 e. The summed E-state index contributed by atoms with van der Waals surface area (Å²) in [7, 11) is -3.42. The van der Waals surface area contributed by atoms with Gasteiger partial charge >= 0.3 is 0 Å². The highest BCUT2D eigenvalue weighted by Gasteiger charge is 2.47. The van der Waals surface area contributed by atoms with Crippen LogP contribution in [-0.4, -0.2) is 42.9 Å². The van der Waals surface area contributed by atoms with Crippen molar-refractivity contribution < 1.29 is 13.2 Å². The zero-order chi connectivity index (χ0) is 16.6. The van der Waals surface area contributed by atoms with Crippen LogP contribution in [0.3, 0.4) is 0 Å². The molecule has 1 aromatic rings. The van der Waals surface area contributed by atoms with Gasteiger partial charge in [-0.25, -0.2) is 8.42 Å². The molecule has 2 fully saturated rings. The number of thioether (sulfide) groups is 1. The molecule has 128 valence electrons. The maximum Gasteiger partial charge on any atom is 0.243 e. The largest absolute Gasteiger partial charge is 0.494 e. The number of aryl methyl sites for hydroxylation is 1. The molecule has 2 heterocycles. The predicted octanol–water partition coefficient (Wildman–Crippen LogP) is 3.44. The Kier molecular flexibility index (Phi) is 4.95. The standard InChI is InChI=1S/C17H25NO3S2/c1-4-21-17-8-7-16(9-12(17)2)23(19,20)18-13-5-6-14(18)11-15(10-13)22-3/h7-9,13-15H,4-6,10-11H2,1-3H3. The van der Waals surface area contributed by atoms with Gasteiger partial charge in [0.2, 0.25) is 10.0 Å². The zero-order valence-electron chi connectivity index (χ0n) is 14.0. The summed E-state index contributed by atoms with van der Waals surface area (Å²) in [5.41, 5.74) is 0.874. The monoisotopic (exact) mass is 355 g/mol. The summed E-state index contributed by atoms with van der Waals surface area (Å²) < 4.78 is 33.6. The number of hydrogen-bond acceptors (Lipinski definition) is 4. The van der Waals surface area contributed by atoms with Gasteiger partial charge in [0.15, 0.2) is 0 Å². The number of fused-ring (bicyclic) bond motifs is 2. The van der Waals surface area contributed by atoms with Gasteiger partial charge in [0, 0.05) is 17.3 Å². The molecule has 0 saturated carbocycles. The summed E-state index contributed by atoms with van der Waals surface area (Å²) in [6, 6.07) is 5.56. The third kappa shape index (κ3) is 3.13. The molecule has 0 amide bonds. The fourth-order valence-electron chi connectivity index (χ4n) is 3.89. The molecule has 2 atom stereocenters. The van der Waals surface area contributed by atoms with E-state index in [1.54, 1.807) is 22.5 Å². The molecular weight excluding hydrogens is 330 g/mol. The second kappa shape index (κ2) is 6.65. The molecule has 0 N–H and O–H groups in total. The van der Waals surface area contributed by atoms with E-state index in [1.807, 2.05) is 25.6 Å². The van der Waals surface area contributed by atoms with Crippen molar-refractivity contribution in [2.45, 2.75) is 61.8 Å². The van der Waals surface area contributed by atoms with Gasteiger partial charge in [0.25, 0.3) is 0 Å². The first kappa shape index (κ1) is 17.1. The quantitative estimate of drug-likeness (QED) is 0.812. The second-order valence-corrected chi connectivity index (χ2v) is 9.39. The van der Waals surface area contributed by atoms with Crippen molar-refractivity contribution in [3.05, 3.63) is 23.8 Å². The minimum atomic E-state index is -3.42. The fourth-order valence-corrected chi connectivity index (χ4v) is 6.70.